The summed E-state index contributed by atoms with van der Waals surface area (Å²) in [4.78, 5) is 19.9. The first-order valence-corrected chi connectivity index (χ1v) is 15.5. The van der Waals surface area contributed by atoms with Crippen LogP contribution in [0.2, 0.25) is 0 Å². The molecule has 208 valence electrons. The third-order valence-electron chi connectivity index (χ3n) is 8.95. The van der Waals surface area contributed by atoms with Gasteiger partial charge in [0.25, 0.3) is 0 Å². The van der Waals surface area contributed by atoms with Crippen LogP contribution in [0.3, 0.4) is 0 Å². The highest BCUT2D eigenvalue weighted by atomic mass is 127. The number of allylic oxidation sites excluding steroid dienone is 5. The monoisotopic (exact) mass is 637 g/mol. The van der Waals surface area contributed by atoms with Crippen LogP contribution in [0.5, 0.6) is 0 Å². The van der Waals surface area contributed by atoms with Crippen molar-refractivity contribution in [2.75, 3.05) is 44.7 Å². The van der Waals surface area contributed by atoms with Gasteiger partial charge >= 0.3 is 11.9 Å². The lowest BCUT2D eigenvalue weighted by atomic mass is 9.75. The van der Waals surface area contributed by atoms with Crippen LogP contribution < -0.4 is 4.90 Å². The van der Waals surface area contributed by atoms with Crippen molar-refractivity contribution >= 4 is 34.5 Å². The van der Waals surface area contributed by atoms with Gasteiger partial charge < -0.3 is 19.3 Å². The summed E-state index contributed by atoms with van der Waals surface area (Å²) in [5.41, 5.74) is 1.46. The van der Waals surface area contributed by atoms with Gasteiger partial charge in [0.15, 0.2) is 5.82 Å². The average molecular weight is 638 g/mol. The molecule has 0 aromatic carbocycles. The van der Waals surface area contributed by atoms with Crippen molar-refractivity contribution < 1.29 is 23.6 Å². The molecule has 9 heteroatoms. The second-order valence-electron chi connectivity index (χ2n) is 12.0. The molecule has 4 aliphatic rings. The number of quaternary nitrogens is 1. The summed E-state index contributed by atoms with van der Waals surface area (Å²) >= 11 is 2.30. The lowest BCUT2D eigenvalue weighted by molar-refractivity contribution is -0.824. The van der Waals surface area contributed by atoms with E-state index in [9.17, 15) is 9.90 Å². The highest BCUT2D eigenvalue weighted by Crippen LogP contribution is 2.39. The van der Waals surface area contributed by atoms with Crippen LogP contribution in [0.1, 0.15) is 62.1 Å². The predicted molar refractivity (Wildman–Crippen MR) is 154 cm³/mol. The second kappa shape index (κ2) is 11.8. The van der Waals surface area contributed by atoms with Crippen LogP contribution in [0.4, 0.5) is 6.01 Å². The number of aliphatic hydroxyl groups excluding tert-OH is 1. The Hall–Kier alpha value is -1.72. The number of carbonyl (C=O) groups excluding carboxylic acids is 1. The van der Waals surface area contributed by atoms with Gasteiger partial charge in [-0.1, -0.05) is 52.4 Å². The number of aliphatic hydroxyl groups is 1. The second-order valence-corrected chi connectivity index (χ2v) is 13.8. The van der Waals surface area contributed by atoms with Gasteiger partial charge in [-0.2, -0.15) is 4.98 Å². The number of alkyl halides is 1. The van der Waals surface area contributed by atoms with Crippen molar-refractivity contribution in [1.29, 1.82) is 0 Å². The Morgan fingerprint density at radius 2 is 2.08 bits per heavy atom. The van der Waals surface area contributed by atoms with Gasteiger partial charge in [0, 0.05) is 25.4 Å². The van der Waals surface area contributed by atoms with Crippen molar-refractivity contribution in [3.63, 3.8) is 0 Å². The Morgan fingerprint density at radius 3 is 2.68 bits per heavy atom. The van der Waals surface area contributed by atoms with E-state index in [-0.39, 0.29) is 15.9 Å². The number of hydrogen-bond donors (Lipinski definition) is 1. The van der Waals surface area contributed by atoms with Crippen molar-refractivity contribution in [3.05, 3.63) is 41.5 Å². The van der Waals surface area contributed by atoms with Crippen molar-refractivity contribution in [2.45, 2.75) is 62.4 Å². The topological polar surface area (TPSA) is 88.7 Å². The van der Waals surface area contributed by atoms with E-state index in [4.69, 9.17) is 9.26 Å². The fourth-order valence-electron chi connectivity index (χ4n) is 6.56. The molecule has 1 amide bonds. The van der Waals surface area contributed by atoms with E-state index in [2.05, 4.69) is 75.8 Å². The Bertz CT molecular complexity index is 1090. The minimum absolute atomic E-state index is 0.0641. The van der Waals surface area contributed by atoms with E-state index < -0.39 is 0 Å². The zero-order chi connectivity index (χ0) is 26.9. The van der Waals surface area contributed by atoms with E-state index in [1.165, 1.54) is 5.57 Å². The fraction of sp³-hybridized carbons (Fsp3) is 0.690. The number of likely N-dealkylation sites (tertiary alicyclic amines) is 1. The largest absolute Gasteiger partial charge is 0.494 e. The van der Waals surface area contributed by atoms with E-state index in [1.807, 2.05) is 7.05 Å². The molecular formula is C29H42IN4O4+. The number of piperidine rings is 1. The van der Waals surface area contributed by atoms with E-state index in [0.29, 0.717) is 40.7 Å². The van der Waals surface area contributed by atoms with Gasteiger partial charge in [-0.3, -0.25) is 4.48 Å². The molecule has 1 aromatic heterocycles. The van der Waals surface area contributed by atoms with Crippen LogP contribution in [-0.2, 0) is 9.53 Å². The molecule has 2 fully saturated rings. The number of halogens is 1. The number of amides is 1. The molecule has 8 nitrogen and oxygen atoms in total. The van der Waals surface area contributed by atoms with Gasteiger partial charge in [0.1, 0.15) is 18.4 Å². The highest BCUT2D eigenvalue weighted by molar-refractivity contribution is 14.1. The molecule has 38 heavy (non-hydrogen) atoms. The normalized spacial score (nSPS) is 33.1. The summed E-state index contributed by atoms with van der Waals surface area (Å²) in [5, 5.41) is 14.0. The molecule has 0 spiro atoms. The number of aromatic nitrogens is 2. The first-order valence-electron chi connectivity index (χ1n) is 14.2. The zero-order valence-electron chi connectivity index (χ0n) is 22.9. The number of carbonyl (C=O) groups is 1. The van der Waals surface area contributed by atoms with Gasteiger partial charge in [-0.15, -0.1) is 0 Å². The lowest BCUT2D eigenvalue weighted by Gasteiger charge is -2.35. The maximum absolute atomic E-state index is 13.2. The van der Waals surface area contributed by atoms with Crippen LogP contribution in [0, 0.1) is 23.7 Å². The molecule has 2 aliphatic carbocycles. The minimum atomic E-state index is -0.339. The molecule has 0 radical (unpaired) electrons. The van der Waals surface area contributed by atoms with E-state index >= 15 is 0 Å². The maximum atomic E-state index is 13.2. The standard InChI is InChI=1S/C29H42IN4O4/c1-19-16-23(28(36)34(3)15-12-24(35)17-34)6-9-26(19)22-4-7-25(8-5-22)37-18-21-10-13-33(14-11-21)29-31-27(20(2)30)32-38-29/h4,7-9,19-24,35H,5-6,10-18H2,1-3H3/q+1/t19-,20?,22?,23?,24-,34?/m1/s1. The van der Waals surface area contributed by atoms with Gasteiger partial charge in [0.2, 0.25) is 0 Å². The number of likely N-dealkylation sites (N-methyl/N-ethyl adjacent to an activating group) is 1. The van der Waals surface area contributed by atoms with Crippen molar-refractivity contribution in [1.82, 2.24) is 10.1 Å². The Labute approximate surface area is 239 Å². The quantitative estimate of drug-likeness (QED) is 0.196. The van der Waals surface area contributed by atoms with Crippen molar-refractivity contribution in [3.8, 4) is 0 Å². The third-order valence-corrected chi connectivity index (χ3v) is 9.50. The number of ether oxygens (including phenoxy) is 1. The number of hydrogen-bond acceptors (Lipinski definition) is 7. The van der Waals surface area contributed by atoms with Crippen LogP contribution in [0.15, 0.2) is 40.2 Å². The molecule has 0 bridgehead atoms. The molecule has 1 aromatic rings. The third kappa shape index (κ3) is 6.20. The molecule has 2 aliphatic heterocycles. The zero-order valence-corrected chi connectivity index (χ0v) is 25.0. The first kappa shape index (κ1) is 27.8. The molecule has 2 saturated heterocycles. The smallest absolute Gasteiger partial charge is 0.324 e. The Balaban J connectivity index is 1.06. The van der Waals surface area contributed by atoms with Crippen LogP contribution in [0.25, 0.3) is 0 Å². The number of anilines is 1. The first-order chi connectivity index (χ1) is 18.2. The average Bonchev–Trinajstić information content (AvgIpc) is 3.55. The molecular weight excluding hydrogens is 595 g/mol. The SMILES string of the molecule is CC(I)c1noc(N2CCC(COC3=CCC(C4=CCC(C(=O)[N+]5(C)CC[C@@H](O)C5)C[C@H]4C)C=C3)CC2)n1. The molecule has 0 saturated carbocycles. The molecule has 4 unspecified atom stereocenters. The van der Waals surface area contributed by atoms with Crippen LogP contribution in [-0.4, -0.2) is 71.6 Å². The summed E-state index contributed by atoms with van der Waals surface area (Å²) in [5.74, 6) is 3.41. The summed E-state index contributed by atoms with van der Waals surface area (Å²) in [6.45, 7) is 8.21. The van der Waals surface area contributed by atoms with Gasteiger partial charge in [0.05, 0.1) is 30.0 Å². The number of rotatable bonds is 7. The highest BCUT2D eigenvalue weighted by Gasteiger charge is 2.44. The summed E-state index contributed by atoms with van der Waals surface area (Å²) in [6.07, 6.45) is 14.2. The fourth-order valence-corrected chi connectivity index (χ4v) is 6.81. The Kier molecular flexibility index (Phi) is 8.64. The van der Waals surface area contributed by atoms with E-state index in [1.54, 1.807) is 0 Å². The van der Waals surface area contributed by atoms with Gasteiger partial charge in [-0.05, 0) is 63.0 Å². The Morgan fingerprint density at radius 1 is 1.29 bits per heavy atom. The summed E-state index contributed by atoms with van der Waals surface area (Å²) in [6, 6.07) is 0.638. The maximum Gasteiger partial charge on any atom is 0.324 e. The molecule has 1 N–H and O–H groups in total. The van der Waals surface area contributed by atoms with Crippen LogP contribution >= 0.6 is 22.6 Å². The molecule has 3 heterocycles. The molecule has 5 rings (SSSR count). The predicted octanol–water partition coefficient (Wildman–Crippen LogP) is 4.97. The van der Waals surface area contributed by atoms with Gasteiger partial charge in [-0.25, -0.2) is 4.79 Å². The number of nitrogens with zero attached hydrogens (tertiary/aromatic N) is 4. The summed E-state index contributed by atoms with van der Waals surface area (Å²) < 4.78 is 12.3. The summed E-state index contributed by atoms with van der Waals surface area (Å²) in [7, 11) is 2.00. The van der Waals surface area contributed by atoms with Crippen molar-refractivity contribution in [2.24, 2.45) is 23.7 Å². The minimum Gasteiger partial charge on any atom is -0.494 e. The van der Waals surface area contributed by atoms with E-state index in [0.717, 1.165) is 76.3 Å². The molecule has 6 atom stereocenters. The lowest BCUT2D eigenvalue weighted by Crippen LogP contribution is -2.51.